The van der Waals surface area contributed by atoms with Crippen LogP contribution in [-0.4, -0.2) is 36.6 Å². The van der Waals surface area contributed by atoms with Crippen molar-refractivity contribution in [3.8, 4) is 5.88 Å². The van der Waals surface area contributed by atoms with Crippen LogP contribution in [-0.2, 0) is 26.4 Å². The van der Waals surface area contributed by atoms with Crippen LogP contribution in [0.15, 0.2) is 41.6 Å². The van der Waals surface area contributed by atoms with Gasteiger partial charge in [-0.25, -0.2) is 18.1 Å². The maximum atomic E-state index is 13.1. The van der Waals surface area contributed by atoms with E-state index in [1.807, 2.05) is 4.72 Å². The van der Waals surface area contributed by atoms with E-state index in [2.05, 4.69) is 15.2 Å². The van der Waals surface area contributed by atoms with Gasteiger partial charge in [-0.2, -0.15) is 18.3 Å². The molecule has 1 aliphatic rings. The summed E-state index contributed by atoms with van der Waals surface area (Å²) in [6.45, 7) is 0. The van der Waals surface area contributed by atoms with Crippen LogP contribution in [0.5, 0.6) is 5.88 Å². The number of methoxy groups -OCH3 is 1. The van der Waals surface area contributed by atoms with Gasteiger partial charge in [0.05, 0.1) is 34.7 Å². The first-order valence-electron chi connectivity index (χ1n) is 8.69. The van der Waals surface area contributed by atoms with Crippen molar-refractivity contribution in [3.63, 3.8) is 0 Å². The monoisotopic (exact) mass is 440 g/mol. The Morgan fingerprint density at radius 3 is 2.63 bits per heavy atom. The zero-order valence-corrected chi connectivity index (χ0v) is 16.3. The molecule has 2 N–H and O–H groups in total. The molecule has 0 aliphatic heterocycles. The number of nitrogens with zero attached hydrogens (tertiary/aromatic N) is 2. The Bertz CT molecular complexity index is 1250. The summed E-state index contributed by atoms with van der Waals surface area (Å²) in [7, 11) is -3.10. The number of aromatic amines is 1. The van der Waals surface area contributed by atoms with E-state index in [0.717, 1.165) is 6.07 Å². The van der Waals surface area contributed by atoms with Crippen molar-refractivity contribution < 1.29 is 31.1 Å². The zero-order chi connectivity index (χ0) is 21.7. The Morgan fingerprint density at radius 2 is 2.00 bits per heavy atom. The first-order chi connectivity index (χ1) is 14.1. The molecule has 2 heterocycles. The quantitative estimate of drug-likeness (QED) is 0.630. The molecule has 1 amide bonds. The summed E-state index contributed by atoms with van der Waals surface area (Å²) in [5.74, 6) is -1.10. The molecule has 0 atom stereocenters. The molecule has 30 heavy (non-hydrogen) atoms. The van der Waals surface area contributed by atoms with Crippen molar-refractivity contribution in [1.29, 1.82) is 0 Å². The molecule has 1 aliphatic carbocycles. The average molecular weight is 440 g/mol. The molecule has 12 heteroatoms. The smallest absolute Gasteiger partial charge is 0.417 e. The number of carbonyl (C=O) groups is 1. The molecule has 1 aromatic carbocycles. The number of alkyl halides is 3. The summed E-state index contributed by atoms with van der Waals surface area (Å²) < 4.78 is 72.1. The van der Waals surface area contributed by atoms with Gasteiger partial charge >= 0.3 is 6.18 Å². The molecule has 0 spiro atoms. The van der Waals surface area contributed by atoms with Crippen LogP contribution in [0.2, 0.25) is 0 Å². The molecule has 0 radical (unpaired) electrons. The Kier molecular flexibility index (Phi) is 4.49. The summed E-state index contributed by atoms with van der Waals surface area (Å²) in [5, 5.41) is 6.69. The lowest BCUT2D eigenvalue weighted by molar-refractivity contribution is -0.138. The van der Waals surface area contributed by atoms with Crippen LogP contribution in [0.3, 0.4) is 0 Å². The molecular formula is C18H15F3N4O4S. The lowest BCUT2D eigenvalue weighted by Crippen LogP contribution is -2.39. The second-order valence-electron chi connectivity index (χ2n) is 6.88. The van der Waals surface area contributed by atoms with E-state index in [0.29, 0.717) is 11.7 Å². The molecule has 158 valence electrons. The van der Waals surface area contributed by atoms with Gasteiger partial charge in [0.25, 0.3) is 10.0 Å². The largest absolute Gasteiger partial charge is 0.481 e. The number of nitrogens with one attached hydrogen (secondary N) is 2. The van der Waals surface area contributed by atoms with Gasteiger partial charge in [0.1, 0.15) is 0 Å². The lowest BCUT2D eigenvalue weighted by Gasteiger charge is -2.19. The van der Waals surface area contributed by atoms with E-state index in [4.69, 9.17) is 4.74 Å². The van der Waals surface area contributed by atoms with Crippen LogP contribution >= 0.6 is 0 Å². The topological polar surface area (TPSA) is 114 Å². The Morgan fingerprint density at radius 1 is 1.27 bits per heavy atom. The highest BCUT2D eigenvalue weighted by Gasteiger charge is 2.55. The minimum Gasteiger partial charge on any atom is -0.481 e. The number of amides is 1. The van der Waals surface area contributed by atoms with E-state index < -0.39 is 33.1 Å². The van der Waals surface area contributed by atoms with Crippen molar-refractivity contribution in [1.82, 2.24) is 19.9 Å². The van der Waals surface area contributed by atoms with E-state index in [1.165, 1.54) is 25.4 Å². The van der Waals surface area contributed by atoms with Crippen LogP contribution < -0.4 is 9.46 Å². The molecule has 4 rings (SSSR count). The number of halogens is 3. The highest BCUT2D eigenvalue weighted by Crippen LogP contribution is 2.52. The van der Waals surface area contributed by atoms with Crippen molar-refractivity contribution in [2.45, 2.75) is 29.3 Å². The summed E-state index contributed by atoms with van der Waals surface area (Å²) in [6.07, 6.45) is -2.45. The molecule has 1 fully saturated rings. The Hall–Kier alpha value is -3.15. The van der Waals surface area contributed by atoms with E-state index in [1.54, 1.807) is 6.07 Å². The maximum absolute atomic E-state index is 13.1. The number of hydrogen-bond acceptors (Lipinski definition) is 6. The number of aromatic nitrogens is 3. The minimum atomic E-state index is -4.68. The van der Waals surface area contributed by atoms with Gasteiger partial charge in [-0.3, -0.25) is 9.89 Å². The first kappa shape index (κ1) is 20.1. The maximum Gasteiger partial charge on any atom is 0.417 e. The molecule has 0 bridgehead atoms. The normalized spacial score (nSPS) is 15.7. The van der Waals surface area contributed by atoms with E-state index in [9.17, 15) is 26.4 Å². The fourth-order valence-electron chi connectivity index (χ4n) is 3.31. The lowest BCUT2D eigenvalue weighted by atomic mass is 9.95. The Balaban J connectivity index is 1.71. The number of H-pyrrole nitrogens is 1. The molecule has 0 saturated heterocycles. The number of fused-ring (bicyclic) bond motifs is 1. The second kappa shape index (κ2) is 6.69. The predicted molar refractivity (Wildman–Crippen MR) is 98.1 cm³/mol. The molecule has 0 unspecified atom stereocenters. The second-order valence-corrected chi connectivity index (χ2v) is 8.53. The number of sulfonamides is 1. The first-order valence-corrected chi connectivity index (χ1v) is 10.2. The number of benzene rings is 1. The summed E-state index contributed by atoms with van der Waals surface area (Å²) in [6, 6.07) is 5.18. The van der Waals surface area contributed by atoms with Crippen molar-refractivity contribution >= 4 is 26.8 Å². The van der Waals surface area contributed by atoms with Crippen molar-refractivity contribution in [3.05, 3.63) is 47.8 Å². The van der Waals surface area contributed by atoms with Crippen LogP contribution in [0.4, 0.5) is 13.2 Å². The van der Waals surface area contributed by atoms with E-state index >= 15 is 0 Å². The Labute approximate surface area is 168 Å². The van der Waals surface area contributed by atoms with Gasteiger partial charge in [0, 0.05) is 17.1 Å². The standard InChI is InChI=1S/C18H15F3N4O4S/c1-29-15-12(7-10(8-22-15)18(19,20)21)17(5-6-17)16(26)25-30(27,28)14-4-2-3-13-11(14)9-23-24-13/h2-4,7-9H,5-6H2,1H3,(H,23,24)(H,25,26). The van der Waals surface area contributed by atoms with Gasteiger partial charge in [-0.05, 0) is 31.0 Å². The molecule has 8 nitrogen and oxygen atoms in total. The molecule has 3 aromatic rings. The van der Waals surface area contributed by atoms with E-state index in [-0.39, 0.29) is 34.6 Å². The highest BCUT2D eigenvalue weighted by atomic mass is 32.2. The third-order valence-electron chi connectivity index (χ3n) is 5.03. The molecule has 2 aromatic heterocycles. The van der Waals surface area contributed by atoms with Crippen LogP contribution in [0.1, 0.15) is 24.0 Å². The van der Waals surface area contributed by atoms with Gasteiger partial charge in [-0.1, -0.05) is 6.07 Å². The van der Waals surface area contributed by atoms with Gasteiger partial charge in [-0.15, -0.1) is 0 Å². The fourth-order valence-corrected chi connectivity index (χ4v) is 4.57. The number of rotatable bonds is 5. The third-order valence-corrected chi connectivity index (χ3v) is 6.42. The van der Waals surface area contributed by atoms with Crippen LogP contribution in [0.25, 0.3) is 10.9 Å². The number of pyridine rings is 1. The summed E-state index contributed by atoms with van der Waals surface area (Å²) >= 11 is 0. The molecule has 1 saturated carbocycles. The minimum absolute atomic E-state index is 0.103. The summed E-state index contributed by atoms with van der Waals surface area (Å²) in [5.41, 5.74) is -2.18. The van der Waals surface area contributed by atoms with Crippen molar-refractivity contribution in [2.75, 3.05) is 7.11 Å². The van der Waals surface area contributed by atoms with Crippen LogP contribution in [0, 0.1) is 0 Å². The zero-order valence-electron chi connectivity index (χ0n) is 15.4. The number of hydrogen-bond donors (Lipinski definition) is 2. The highest BCUT2D eigenvalue weighted by molar-refractivity contribution is 7.90. The SMILES string of the molecule is COc1ncc(C(F)(F)F)cc1C1(C(=O)NS(=O)(=O)c2cccc3[nH]ncc23)CC1. The third kappa shape index (κ3) is 3.26. The van der Waals surface area contributed by atoms with Gasteiger partial charge in [0.15, 0.2) is 0 Å². The number of ether oxygens (including phenoxy) is 1. The average Bonchev–Trinajstić information content (AvgIpc) is 3.36. The summed E-state index contributed by atoms with van der Waals surface area (Å²) in [4.78, 5) is 16.4. The van der Waals surface area contributed by atoms with Gasteiger partial charge in [0.2, 0.25) is 11.8 Å². The number of carbonyl (C=O) groups excluding carboxylic acids is 1. The van der Waals surface area contributed by atoms with Gasteiger partial charge < -0.3 is 4.74 Å². The van der Waals surface area contributed by atoms with Crippen molar-refractivity contribution in [2.24, 2.45) is 0 Å². The molecular weight excluding hydrogens is 425 g/mol. The predicted octanol–water partition coefficient (Wildman–Crippen LogP) is 2.52. The fraction of sp³-hybridized carbons (Fsp3) is 0.278.